The van der Waals surface area contributed by atoms with Gasteiger partial charge in [0.1, 0.15) is 5.75 Å². The van der Waals surface area contributed by atoms with Gasteiger partial charge in [0.2, 0.25) is 0 Å². The summed E-state index contributed by atoms with van der Waals surface area (Å²) in [5.41, 5.74) is 3.53. The molecule has 0 spiro atoms. The highest BCUT2D eigenvalue weighted by molar-refractivity contribution is 7.92. The molecule has 6 nitrogen and oxygen atoms in total. The van der Waals surface area contributed by atoms with Crippen molar-refractivity contribution in [3.05, 3.63) is 95.0 Å². The fourth-order valence-corrected chi connectivity index (χ4v) is 6.53. The van der Waals surface area contributed by atoms with E-state index in [0.717, 1.165) is 18.2 Å². The molecule has 1 aliphatic heterocycles. The van der Waals surface area contributed by atoms with Crippen LogP contribution < -0.4 is 14.4 Å². The molecule has 2 aliphatic rings. The molecule has 1 heterocycles. The average molecular weight is 505 g/mol. The number of amides is 1. The van der Waals surface area contributed by atoms with E-state index in [1.807, 2.05) is 24.3 Å². The highest BCUT2D eigenvalue weighted by Crippen LogP contribution is 2.39. The molecule has 176 valence electrons. The largest absolute Gasteiger partial charge is 0.476 e. The van der Waals surface area contributed by atoms with Crippen LogP contribution in [0.25, 0.3) is 10.8 Å². The molecule has 0 fully saturated rings. The highest BCUT2D eigenvalue weighted by Gasteiger charge is 2.38. The number of nitrogens with zero attached hydrogens (tertiary/aromatic N) is 1. The van der Waals surface area contributed by atoms with Crippen molar-refractivity contribution in [3.63, 3.8) is 0 Å². The van der Waals surface area contributed by atoms with E-state index < -0.39 is 22.0 Å². The number of sulfonamides is 1. The van der Waals surface area contributed by atoms with Crippen LogP contribution in [-0.4, -0.2) is 27.0 Å². The van der Waals surface area contributed by atoms with Crippen LogP contribution in [0.15, 0.2) is 83.8 Å². The topological polar surface area (TPSA) is 75.7 Å². The minimum Gasteiger partial charge on any atom is -0.476 e. The van der Waals surface area contributed by atoms with E-state index >= 15 is 0 Å². The molecule has 6 rings (SSSR count). The number of carbonyl (C=O) groups excluding carboxylic acids is 1. The number of carbonyl (C=O) groups is 1. The van der Waals surface area contributed by atoms with E-state index in [2.05, 4.69) is 11.4 Å². The van der Waals surface area contributed by atoms with Gasteiger partial charge in [-0.05, 0) is 65.8 Å². The maximum atomic E-state index is 13.5. The number of ether oxygens (including phenoxy) is 1. The fraction of sp³-hybridized carbons (Fsp3) is 0.148. The maximum absolute atomic E-state index is 13.5. The van der Waals surface area contributed by atoms with Gasteiger partial charge in [-0.2, -0.15) is 0 Å². The summed E-state index contributed by atoms with van der Waals surface area (Å²) in [6.45, 7) is -0.183. The number of benzene rings is 4. The lowest BCUT2D eigenvalue weighted by molar-refractivity contribution is -0.122. The summed E-state index contributed by atoms with van der Waals surface area (Å²) in [5.74, 6) is -0.140. The summed E-state index contributed by atoms with van der Waals surface area (Å²) in [6, 6.07) is 22.9. The summed E-state index contributed by atoms with van der Waals surface area (Å²) in [7, 11) is -3.95. The van der Waals surface area contributed by atoms with Crippen molar-refractivity contribution in [1.82, 2.24) is 0 Å². The van der Waals surface area contributed by atoms with Crippen LogP contribution in [0, 0.1) is 0 Å². The quantitative estimate of drug-likeness (QED) is 0.415. The number of aryl methyl sites for hydroxylation is 2. The monoisotopic (exact) mass is 504 g/mol. The predicted octanol–water partition coefficient (Wildman–Crippen LogP) is 5.19. The van der Waals surface area contributed by atoms with E-state index in [9.17, 15) is 13.2 Å². The molecule has 1 atom stereocenters. The molecule has 0 radical (unpaired) electrons. The molecule has 35 heavy (non-hydrogen) atoms. The van der Waals surface area contributed by atoms with Gasteiger partial charge in [-0.25, -0.2) is 8.42 Å². The van der Waals surface area contributed by atoms with Crippen LogP contribution in [0.3, 0.4) is 0 Å². The van der Waals surface area contributed by atoms with Gasteiger partial charge in [-0.3, -0.25) is 9.10 Å². The lowest BCUT2D eigenvalue weighted by Crippen LogP contribution is -2.48. The van der Waals surface area contributed by atoms with Crippen molar-refractivity contribution in [2.45, 2.75) is 23.8 Å². The van der Waals surface area contributed by atoms with Crippen LogP contribution >= 0.6 is 11.6 Å². The highest BCUT2D eigenvalue weighted by atomic mass is 35.5. The van der Waals surface area contributed by atoms with Crippen LogP contribution in [0.4, 0.5) is 11.4 Å². The van der Waals surface area contributed by atoms with Crippen molar-refractivity contribution in [1.29, 1.82) is 0 Å². The van der Waals surface area contributed by atoms with Crippen molar-refractivity contribution in [2.75, 3.05) is 16.2 Å². The van der Waals surface area contributed by atoms with Crippen molar-refractivity contribution in [2.24, 2.45) is 0 Å². The number of fused-ring (bicyclic) bond motifs is 1. The Hall–Kier alpha value is -3.55. The lowest BCUT2D eigenvalue weighted by Gasteiger charge is -2.35. The molecular weight excluding hydrogens is 484 g/mol. The van der Waals surface area contributed by atoms with Gasteiger partial charge in [-0.1, -0.05) is 54.1 Å². The zero-order valence-electron chi connectivity index (χ0n) is 18.6. The SMILES string of the molecule is O=C(Nc1ccc2c3c(cccc13)CC2)[C@@H]1CN(S(=O)(=O)c2ccccc2)c2cc(Cl)ccc2O1. The van der Waals surface area contributed by atoms with Crippen molar-refractivity contribution in [3.8, 4) is 5.75 Å². The fourth-order valence-electron chi connectivity index (χ4n) is 4.88. The number of rotatable bonds is 4. The average Bonchev–Trinajstić information content (AvgIpc) is 3.30. The summed E-state index contributed by atoms with van der Waals surface area (Å²) in [6.07, 6.45) is 0.924. The van der Waals surface area contributed by atoms with Crippen LogP contribution in [0.1, 0.15) is 11.1 Å². The standard InChI is InChI=1S/C27H21ClN2O4S/c28-19-12-14-24-23(15-19)30(35(32,33)20-6-2-1-3-7-20)16-25(34-24)27(31)29-22-13-11-18-10-9-17-5-4-8-21(22)26(17)18/h1-8,11-15,25H,9-10,16H2,(H,29,31)/t25-/m0/s1. The molecule has 1 N–H and O–H groups in total. The molecule has 0 bridgehead atoms. The van der Waals surface area contributed by atoms with E-state index in [0.29, 0.717) is 16.4 Å². The molecule has 1 amide bonds. The van der Waals surface area contributed by atoms with Gasteiger partial charge >= 0.3 is 0 Å². The second kappa shape index (κ2) is 8.29. The molecule has 0 unspecified atom stereocenters. The molecule has 0 saturated heterocycles. The Bertz CT molecular complexity index is 1580. The van der Waals surface area contributed by atoms with Gasteiger partial charge in [0, 0.05) is 16.1 Å². The number of hydrogen-bond acceptors (Lipinski definition) is 4. The zero-order chi connectivity index (χ0) is 24.2. The van der Waals surface area contributed by atoms with Gasteiger partial charge < -0.3 is 10.1 Å². The molecule has 1 aliphatic carbocycles. The third-order valence-corrected chi connectivity index (χ3v) is 8.58. The first-order valence-electron chi connectivity index (χ1n) is 11.3. The van der Waals surface area contributed by atoms with Gasteiger partial charge in [-0.15, -0.1) is 0 Å². The van der Waals surface area contributed by atoms with E-state index in [4.69, 9.17) is 16.3 Å². The molecule has 0 aromatic heterocycles. The smallest absolute Gasteiger partial charge is 0.267 e. The third kappa shape index (κ3) is 3.72. The Morgan fingerprint density at radius 1 is 0.943 bits per heavy atom. The first-order valence-corrected chi connectivity index (χ1v) is 13.1. The van der Waals surface area contributed by atoms with Crippen LogP contribution in [0.5, 0.6) is 5.75 Å². The Balaban J connectivity index is 1.36. The molecule has 0 saturated carbocycles. The molecule has 4 aromatic rings. The summed E-state index contributed by atoms with van der Waals surface area (Å²) >= 11 is 6.17. The number of anilines is 2. The van der Waals surface area contributed by atoms with E-state index in [-0.39, 0.29) is 17.2 Å². The zero-order valence-corrected chi connectivity index (χ0v) is 20.1. The van der Waals surface area contributed by atoms with Gasteiger partial charge in [0.05, 0.1) is 17.1 Å². The Morgan fingerprint density at radius 3 is 2.51 bits per heavy atom. The Kier molecular flexibility index (Phi) is 5.20. The number of hydrogen-bond donors (Lipinski definition) is 1. The molecule has 8 heteroatoms. The van der Waals surface area contributed by atoms with Crippen molar-refractivity contribution < 1.29 is 17.9 Å². The maximum Gasteiger partial charge on any atom is 0.267 e. The second-order valence-corrected chi connectivity index (χ2v) is 11.0. The number of nitrogens with one attached hydrogen (secondary N) is 1. The van der Waals surface area contributed by atoms with Crippen LogP contribution in [0.2, 0.25) is 5.02 Å². The second-order valence-electron chi connectivity index (χ2n) is 8.67. The van der Waals surface area contributed by atoms with Crippen LogP contribution in [-0.2, 0) is 27.7 Å². The Labute approximate surface area is 208 Å². The normalized spacial score (nSPS) is 16.6. The minimum atomic E-state index is -3.95. The van der Waals surface area contributed by atoms with Gasteiger partial charge in [0.25, 0.3) is 15.9 Å². The first-order chi connectivity index (χ1) is 16.9. The van der Waals surface area contributed by atoms with E-state index in [1.165, 1.54) is 39.0 Å². The lowest BCUT2D eigenvalue weighted by atomic mass is 10.0. The Morgan fingerprint density at radius 2 is 1.71 bits per heavy atom. The summed E-state index contributed by atoms with van der Waals surface area (Å²) < 4.78 is 34.3. The summed E-state index contributed by atoms with van der Waals surface area (Å²) in [5, 5.41) is 5.51. The number of halogens is 1. The molecule has 4 aromatic carbocycles. The summed E-state index contributed by atoms with van der Waals surface area (Å²) in [4.78, 5) is 13.5. The first kappa shape index (κ1) is 21.9. The third-order valence-electron chi connectivity index (χ3n) is 6.55. The van der Waals surface area contributed by atoms with Gasteiger partial charge in [0.15, 0.2) is 6.10 Å². The molecular formula is C27H21ClN2O4S. The predicted molar refractivity (Wildman–Crippen MR) is 137 cm³/mol. The van der Waals surface area contributed by atoms with Crippen molar-refractivity contribution >= 4 is 49.7 Å². The minimum absolute atomic E-state index is 0.125. The van der Waals surface area contributed by atoms with E-state index in [1.54, 1.807) is 30.3 Å².